The van der Waals surface area contributed by atoms with Crippen LogP contribution < -0.4 is 4.74 Å². The van der Waals surface area contributed by atoms with E-state index >= 15 is 0 Å². The summed E-state index contributed by atoms with van der Waals surface area (Å²) >= 11 is 0. The first-order chi connectivity index (χ1) is 5.83. The predicted molar refractivity (Wildman–Crippen MR) is 41.5 cm³/mol. The van der Waals surface area contributed by atoms with Gasteiger partial charge in [-0.3, -0.25) is 0 Å². The Balaban J connectivity index is 2.57. The second-order valence-corrected chi connectivity index (χ2v) is 2.77. The van der Waals surface area contributed by atoms with E-state index in [1.807, 2.05) is 0 Å². The monoisotopic (exact) mass is 168 g/mol. The van der Waals surface area contributed by atoms with E-state index in [4.69, 9.17) is 9.84 Å². The number of hydrogen-bond acceptors (Lipinski definition) is 2. The second kappa shape index (κ2) is 2.75. The minimum Gasteiger partial charge on any atom is -0.492 e. The highest BCUT2D eigenvalue weighted by molar-refractivity contribution is 5.44. The van der Waals surface area contributed by atoms with Gasteiger partial charge in [-0.25, -0.2) is 4.39 Å². The fraction of sp³-hybridized carbons (Fsp3) is 0.333. The molecule has 0 saturated heterocycles. The Morgan fingerprint density at radius 1 is 1.50 bits per heavy atom. The average molecular weight is 168 g/mol. The van der Waals surface area contributed by atoms with Crippen molar-refractivity contribution >= 4 is 0 Å². The van der Waals surface area contributed by atoms with Gasteiger partial charge >= 0.3 is 0 Å². The molecule has 0 atom stereocenters. The number of aliphatic hydroxyl groups excluding tert-OH is 1. The molecule has 3 heteroatoms. The van der Waals surface area contributed by atoms with Gasteiger partial charge in [-0.1, -0.05) is 6.07 Å². The number of halogens is 1. The number of fused-ring (bicyclic) bond motifs is 1. The van der Waals surface area contributed by atoms with Crippen molar-refractivity contribution < 1.29 is 14.2 Å². The molecular formula is C9H9FO2. The van der Waals surface area contributed by atoms with Gasteiger partial charge in [0.2, 0.25) is 0 Å². The highest BCUT2D eigenvalue weighted by Gasteiger charge is 2.18. The van der Waals surface area contributed by atoms with E-state index in [0.29, 0.717) is 12.4 Å². The number of ether oxygens (including phenoxy) is 1. The molecular weight excluding hydrogens is 159 g/mol. The van der Waals surface area contributed by atoms with Crippen molar-refractivity contribution in [3.8, 4) is 5.75 Å². The third kappa shape index (κ3) is 0.975. The average Bonchev–Trinajstić information content (AvgIpc) is 2.52. The number of benzene rings is 1. The SMILES string of the molecule is OCc1c(F)ccc2c1OCC2. The number of aliphatic hydroxyl groups is 1. The molecule has 1 aliphatic heterocycles. The Kier molecular flexibility index (Phi) is 1.73. The van der Waals surface area contributed by atoms with Crippen LogP contribution in [0.5, 0.6) is 5.75 Å². The van der Waals surface area contributed by atoms with Crippen LogP contribution >= 0.6 is 0 Å². The molecule has 0 unspecified atom stereocenters. The molecule has 0 amide bonds. The van der Waals surface area contributed by atoms with Gasteiger partial charge in [-0.15, -0.1) is 0 Å². The van der Waals surface area contributed by atoms with E-state index in [9.17, 15) is 4.39 Å². The summed E-state index contributed by atoms with van der Waals surface area (Å²) in [6, 6.07) is 3.08. The predicted octanol–water partition coefficient (Wildman–Crippen LogP) is 1.25. The maximum Gasteiger partial charge on any atom is 0.132 e. The summed E-state index contributed by atoms with van der Waals surface area (Å²) < 4.78 is 18.2. The molecule has 0 aromatic heterocycles. The number of rotatable bonds is 1. The van der Waals surface area contributed by atoms with Crippen LogP contribution in [0.3, 0.4) is 0 Å². The Morgan fingerprint density at radius 2 is 2.33 bits per heavy atom. The fourth-order valence-corrected chi connectivity index (χ4v) is 1.44. The van der Waals surface area contributed by atoms with E-state index in [0.717, 1.165) is 12.0 Å². The molecule has 0 radical (unpaired) electrons. The van der Waals surface area contributed by atoms with Crippen molar-refractivity contribution in [2.75, 3.05) is 6.61 Å². The zero-order valence-corrected chi connectivity index (χ0v) is 6.51. The van der Waals surface area contributed by atoms with E-state index in [-0.39, 0.29) is 12.2 Å². The number of hydrogen-bond donors (Lipinski definition) is 1. The lowest BCUT2D eigenvalue weighted by Crippen LogP contribution is -1.94. The van der Waals surface area contributed by atoms with Gasteiger partial charge in [0.25, 0.3) is 0 Å². The van der Waals surface area contributed by atoms with E-state index in [2.05, 4.69) is 0 Å². The molecule has 0 spiro atoms. The minimum atomic E-state index is -0.391. The van der Waals surface area contributed by atoms with Gasteiger partial charge < -0.3 is 9.84 Å². The topological polar surface area (TPSA) is 29.5 Å². The maximum absolute atomic E-state index is 13.0. The first kappa shape index (κ1) is 7.55. The molecule has 2 rings (SSSR count). The molecule has 0 aliphatic carbocycles. The van der Waals surface area contributed by atoms with Gasteiger partial charge in [0.05, 0.1) is 18.8 Å². The van der Waals surface area contributed by atoms with Gasteiger partial charge in [-0.2, -0.15) is 0 Å². The lowest BCUT2D eigenvalue weighted by molar-refractivity contribution is 0.264. The van der Waals surface area contributed by atoms with Crippen LogP contribution in [-0.4, -0.2) is 11.7 Å². The first-order valence-corrected chi connectivity index (χ1v) is 3.87. The molecule has 1 aliphatic rings. The fourth-order valence-electron chi connectivity index (χ4n) is 1.44. The zero-order valence-electron chi connectivity index (χ0n) is 6.51. The highest BCUT2D eigenvalue weighted by atomic mass is 19.1. The molecule has 1 aromatic carbocycles. The summed E-state index contributed by atoms with van der Waals surface area (Å²) in [5.74, 6) is 0.149. The van der Waals surface area contributed by atoms with E-state index in [1.54, 1.807) is 6.07 Å². The quantitative estimate of drug-likeness (QED) is 0.683. The molecule has 1 heterocycles. The van der Waals surface area contributed by atoms with Crippen molar-refractivity contribution in [2.45, 2.75) is 13.0 Å². The molecule has 12 heavy (non-hydrogen) atoms. The van der Waals surface area contributed by atoms with Crippen LogP contribution in [0.1, 0.15) is 11.1 Å². The standard InChI is InChI=1S/C9H9FO2/c10-8-2-1-6-3-4-12-9(6)7(8)5-11/h1-2,11H,3-5H2. The minimum absolute atomic E-state index is 0.282. The molecule has 0 bridgehead atoms. The van der Waals surface area contributed by atoms with Gasteiger partial charge in [-0.05, 0) is 11.6 Å². The third-order valence-electron chi connectivity index (χ3n) is 2.06. The summed E-state index contributed by atoms with van der Waals surface area (Å²) in [5.41, 5.74) is 1.27. The summed E-state index contributed by atoms with van der Waals surface area (Å²) in [6.45, 7) is 0.292. The maximum atomic E-state index is 13.0. The lowest BCUT2D eigenvalue weighted by Gasteiger charge is -2.05. The Hall–Kier alpha value is -1.09. The van der Waals surface area contributed by atoms with E-state index < -0.39 is 5.82 Å². The molecule has 1 aromatic rings. The van der Waals surface area contributed by atoms with Crippen molar-refractivity contribution in [2.24, 2.45) is 0 Å². The Labute approximate surface area is 69.6 Å². The Morgan fingerprint density at radius 3 is 3.08 bits per heavy atom. The smallest absolute Gasteiger partial charge is 0.132 e. The summed E-state index contributed by atoms with van der Waals surface area (Å²) in [7, 11) is 0. The van der Waals surface area contributed by atoms with Crippen molar-refractivity contribution in [3.63, 3.8) is 0 Å². The summed E-state index contributed by atoms with van der Waals surface area (Å²) in [5, 5.41) is 8.86. The van der Waals surface area contributed by atoms with Crippen molar-refractivity contribution in [1.29, 1.82) is 0 Å². The first-order valence-electron chi connectivity index (χ1n) is 3.87. The summed E-state index contributed by atoms with van der Waals surface area (Å²) in [4.78, 5) is 0. The Bertz CT molecular complexity index is 310. The van der Waals surface area contributed by atoms with Gasteiger partial charge in [0.1, 0.15) is 11.6 Å². The van der Waals surface area contributed by atoms with Crippen molar-refractivity contribution in [3.05, 3.63) is 29.1 Å². The third-order valence-corrected chi connectivity index (χ3v) is 2.06. The molecule has 64 valence electrons. The summed E-state index contributed by atoms with van der Waals surface area (Å²) in [6.07, 6.45) is 0.808. The van der Waals surface area contributed by atoms with Crippen LogP contribution in [-0.2, 0) is 13.0 Å². The highest BCUT2D eigenvalue weighted by Crippen LogP contribution is 2.31. The van der Waals surface area contributed by atoms with Crippen LogP contribution in [0.15, 0.2) is 12.1 Å². The normalized spacial score (nSPS) is 14.2. The molecule has 2 nitrogen and oxygen atoms in total. The van der Waals surface area contributed by atoms with Gasteiger partial charge in [0, 0.05) is 6.42 Å². The van der Waals surface area contributed by atoms with Gasteiger partial charge in [0.15, 0.2) is 0 Å². The van der Waals surface area contributed by atoms with Crippen LogP contribution in [0.4, 0.5) is 4.39 Å². The van der Waals surface area contributed by atoms with Crippen LogP contribution in [0.25, 0.3) is 0 Å². The largest absolute Gasteiger partial charge is 0.492 e. The van der Waals surface area contributed by atoms with Crippen molar-refractivity contribution in [1.82, 2.24) is 0 Å². The molecule has 1 N–H and O–H groups in total. The van der Waals surface area contributed by atoms with Crippen LogP contribution in [0.2, 0.25) is 0 Å². The second-order valence-electron chi connectivity index (χ2n) is 2.77. The zero-order chi connectivity index (χ0) is 8.55. The van der Waals surface area contributed by atoms with Crippen LogP contribution in [0, 0.1) is 5.82 Å². The lowest BCUT2D eigenvalue weighted by atomic mass is 10.1. The molecule has 0 saturated carbocycles. The van der Waals surface area contributed by atoms with E-state index in [1.165, 1.54) is 6.07 Å². The molecule has 0 fully saturated rings.